The average Bonchev–Trinajstić information content (AvgIpc) is 2.94. The number of esters is 1. The maximum Gasteiger partial charge on any atom is 0.412 e. The van der Waals surface area contributed by atoms with Crippen LogP contribution in [0.5, 0.6) is 11.5 Å². The highest BCUT2D eigenvalue weighted by molar-refractivity contribution is 9.11. The summed E-state index contributed by atoms with van der Waals surface area (Å²) < 4.78 is 18.5. The molecule has 0 saturated heterocycles. The monoisotopic (exact) mass is 673 g/mol. The van der Waals surface area contributed by atoms with Gasteiger partial charge in [-0.15, -0.1) is 0 Å². The Morgan fingerprint density at radius 3 is 2.44 bits per heavy atom. The molecule has 0 aromatic heterocycles. The molecule has 39 heavy (non-hydrogen) atoms. The summed E-state index contributed by atoms with van der Waals surface area (Å²) in [6.45, 7) is -0.0162. The van der Waals surface area contributed by atoms with Crippen molar-refractivity contribution < 1.29 is 28.9 Å². The van der Waals surface area contributed by atoms with Crippen molar-refractivity contribution in [2.45, 2.75) is 18.6 Å². The van der Waals surface area contributed by atoms with Crippen molar-refractivity contribution in [2.75, 3.05) is 17.7 Å². The number of amides is 1. The zero-order valence-corrected chi connectivity index (χ0v) is 24.6. The average molecular weight is 675 g/mol. The molecule has 4 aromatic carbocycles. The Kier molecular flexibility index (Phi) is 10.1. The van der Waals surface area contributed by atoms with Gasteiger partial charge in [0.05, 0.1) is 22.5 Å². The minimum Gasteiger partial charge on any atom is -0.506 e. The third-order valence-electron chi connectivity index (χ3n) is 5.79. The number of para-hydroxylation sites is 1. The zero-order valence-electron chi connectivity index (χ0n) is 20.6. The minimum absolute atomic E-state index is 0.0162. The third kappa shape index (κ3) is 7.68. The molecule has 7 nitrogen and oxygen atoms in total. The van der Waals surface area contributed by atoms with Crippen LogP contribution in [0.15, 0.2) is 93.9 Å². The number of ether oxygens (including phenoxy) is 3. The fourth-order valence-corrected chi connectivity index (χ4v) is 5.36. The molecule has 2 N–H and O–H groups in total. The van der Waals surface area contributed by atoms with E-state index in [0.717, 1.165) is 10.8 Å². The van der Waals surface area contributed by atoms with E-state index in [1.165, 1.54) is 0 Å². The van der Waals surface area contributed by atoms with Gasteiger partial charge in [-0.1, -0.05) is 70.5 Å². The predicted octanol–water partition coefficient (Wildman–Crippen LogP) is 7.67. The molecule has 0 heterocycles. The molecular formula is C29H25Br2NO6S. The van der Waals surface area contributed by atoms with Crippen LogP contribution in [0.2, 0.25) is 0 Å². The first-order chi connectivity index (χ1) is 18.9. The topological polar surface area (TPSA) is 94.1 Å². The zero-order chi connectivity index (χ0) is 27.8. The predicted molar refractivity (Wildman–Crippen MR) is 161 cm³/mol. The number of halogens is 2. The number of nitrogens with one attached hydrogen (secondary N) is 1. The summed E-state index contributed by atoms with van der Waals surface area (Å²) in [4.78, 5) is 25.1. The molecule has 0 unspecified atom stereocenters. The van der Waals surface area contributed by atoms with Crippen molar-refractivity contribution in [1.29, 1.82) is 0 Å². The van der Waals surface area contributed by atoms with E-state index in [2.05, 4.69) is 49.8 Å². The number of fused-ring (bicyclic) bond motifs is 1. The van der Waals surface area contributed by atoms with Gasteiger partial charge in [-0.3, -0.25) is 10.1 Å². The van der Waals surface area contributed by atoms with Gasteiger partial charge in [-0.2, -0.15) is 12.6 Å². The first kappa shape index (κ1) is 28.8. The van der Waals surface area contributed by atoms with E-state index >= 15 is 0 Å². The molecule has 0 radical (unpaired) electrons. The Bertz CT molecular complexity index is 1450. The lowest BCUT2D eigenvalue weighted by molar-refractivity contribution is -0.141. The smallest absolute Gasteiger partial charge is 0.412 e. The van der Waals surface area contributed by atoms with Gasteiger partial charge in [-0.05, 0) is 51.6 Å². The van der Waals surface area contributed by atoms with Crippen LogP contribution in [0.3, 0.4) is 0 Å². The highest BCUT2D eigenvalue weighted by Gasteiger charge is 2.33. The molecule has 4 rings (SSSR count). The Morgan fingerprint density at radius 1 is 0.949 bits per heavy atom. The van der Waals surface area contributed by atoms with E-state index in [1.54, 1.807) is 30.3 Å². The summed E-state index contributed by atoms with van der Waals surface area (Å²) in [5.41, 5.74) is 0.866. The molecule has 0 fully saturated rings. The maximum absolute atomic E-state index is 13.3. The van der Waals surface area contributed by atoms with E-state index < -0.39 is 24.3 Å². The summed E-state index contributed by atoms with van der Waals surface area (Å²) in [5, 5.41) is 15.6. The molecular weight excluding hydrogens is 650 g/mol. The number of benzene rings is 4. The summed E-state index contributed by atoms with van der Waals surface area (Å²) in [5.74, 6) is -0.164. The molecule has 0 aliphatic heterocycles. The standard InChI is InChI=1S/C29H25Br2NO6S/c30-19-15-22(27(34)23(31)16-19)28(25(13-14-36-26(33)17-39)37-20-9-2-1-3-10-20)38-29(35)32-24-12-6-8-18-7-4-5-11-21(18)24/h1-12,15-16,25,28,34,39H,13-14,17H2,(H,32,35)/t25-,28-/m1/s1. The van der Waals surface area contributed by atoms with E-state index in [1.807, 2.05) is 54.6 Å². The highest BCUT2D eigenvalue weighted by atomic mass is 79.9. The van der Waals surface area contributed by atoms with Crippen LogP contribution < -0.4 is 10.1 Å². The number of phenolic OH excluding ortho intramolecular Hbond substituents is 1. The molecule has 0 spiro atoms. The van der Waals surface area contributed by atoms with Crippen LogP contribution >= 0.6 is 44.5 Å². The number of hydrogen-bond acceptors (Lipinski definition) is 7. The van der Waals surface area contributed by atoms with Crippen molar-refractivity contribution in [1.82, 2.24) is 0 Å². The SMILES string of the molecule is O=C(CS)OCC[C@@H](Oc1ccccc1)[C@H](OC(=O)Nc1cccc2ccccc12)c1cc(Br)cc(Br)c1O. The summed E-state index contributed by atoms with van der Waals surface area (Å²) in [7, 11) is 0. The molecule has 10 heteroatoms. The first-order valence-electron chi connectivity index (χ1n) is 12.0. The van der Waals surface area contributed by atoms with Crippen molar-refractivity contribution in [3.05, 3.63) is 99.4 Å². The van der Waals surface area contributed by atoms with Crippen molar-refractivity contribution in [3.8, 4) is 11.5 Å². The largest absolute Gasteiger partial charge is 0.506 e. The number of hydrogen-bond donors (Lipinski definition) is 3. The van der Waals surface area contributed by atoms with Crippen LogP contribution in [-0.2, 0) is 14.3 Å². The summed E-state index contributed by atoms with van der Waals surface area (Å²) in [6, 6.07) is 25.5. The molecule has 0 bridgehead atoms. The Labute approximate surface area is 248 Å². The molecule has 202 valence electrons. The van der Waals surface area contributed by atoms with E-state index in [-0.39, 0.29) is 24.5 Å². The van der Waals surface area contributed by atoms with Gasteiger partial charge in [0, 0.05) is 21.8 Å². The quantitative estimate of drug-likeness (QED) is 0.118. The molecule has 2 atom stereocenters. The summed E-state index contributed by atoms with van der Waals surface area (Å²) >= 11 is 10.7. The van der Waals surface area contributed by atoms with Crippen LogP contribution in [-0.4, -0.2) is 35.6 Å². The lowest BCUT2D eigenvalue weighted by Crippen LogP contribution is -2.32. The molecule has 1 amide bonds. The Morgan fingerprint density at radius 2 is 1.67 bits per heavy atom. The van der Waals surface area contributed by atoms with Gasteiger partial charge < -0.3 is 19.3 Å². The van der Waals surface area contributed by atoms with Crippen LogP contribution in [0.25, 0.3) is 10.8 Å². The number of carbonyl (C=O) groups excluding carboxylic acids is 2. The molecule has 4 aromatic rings. The highest BCUT2D eigenvalue weighted by Crippen LogP contribution is 2.40. The van der Waals surface area contributed by atoms with Crippen LogP contribution in [0.1, 0.15) is 18.1 Å². The van der Waals surface area contributed by atoms with Gasteiger partial charge in [-0.25, -0.2) is 4.79 Å². The summed E-state index contributed by atoms with van der Waals surface area (Å²) in [6.07, 6.45) is -2.53. The minimum atomic E-state index is -1.09. The molecule has 0 saturated carbocycles. The van der Waals surface area contributed by atoms with Gasteiger partial charge >= 0.3 is 12.1 Å². The van der Waals surface area contributed by atoms with E-state index in [0.29, 0.717) is 25.9 Å². The Hall–Kier alpha value is -3.21. The van der Waals surface area contributed by atoms with Crippen LogP contribution in [0, 0.1) is 0 Å². The maximum atomic E-state index is 13.3. The second kappa shape index (κ2) is 13.7. The Balaban J connectivity index is 1.69. The van der Waals surface area contributed by atoms with Gasteiger partial charge in [0.1, 0.15) is 17.6 Å². The molecule has 0 aliphatic rings. The molecule has 0 aliphatic carbocycles. The number of anilines is 1. The normalized spacial score (nSPS) is 12.4. The fourth-order valence-electron chi connectivity index (χ4n) is 4.01. The number of aromatic hydroxyl groups is 1. The second-order valence-electron chi connectivity index (χ2n) is 8.44. The number of carbonyl (C=O) groups is 2. The lowest BCUT2D eigenvalue weighted by Gasteiger charge is -2.29. The number of phenols is 1. The van der Waals surface area contributed by atoms with E-state index in [9.17, 15) is 14.7 Å². The number of rotatable bonds is 10. The van der Waals surface area contributed by atoms with Crippen molar-refractivity contribution >= 4 is 73.0 Å². The third-order valence-corrected chi connectivity index (χ3v) is 7.11. The van der Waals surface area contributed by atoms with Gasteiger partial charge in [0.25, 0.3) is 0 Å². The van der Waals surface area contributed by atoms with Gasteiger partial charge in [0.15, 0.2) is 6.10 Å². The van der Waals surface area contributed by atoms with E-state index in [4.69, 9.17) is 14.2 Å². The lowest BCUT2D eigenvalue weighted by atomic mass is 10.0. The first-order valence-corrected chi connectivity index (χ1v) is 14.2. The van der Waals surface area contributed by atoms with Crippen molar-refractivity contribution in [3.63, 3.8) is 0 Å². The van der Waals surface area contributed by atoms with Crippen molar-refractivity contribution in [2.24, 2.45) is 0 Å². The second-order valence-corrected chi connectivity index (χ2v) is 10.5. The fraction of sp³-hybridized carbons (Fsp3) is 0.172. The van der Waals surface area contributed by atoms with Crippen LogP contribution in [0.4, 0.5) is 10.5 Å². The van der Waals surface area contributed by atoms with Gasteiger partial charge in [0.2, 0.25) is 0 Å². The number of thiol groups is 1.